The standard InChI is InChI=1S/C19H20N2O6/c1-19(2,3)26-18(25)20-13-8-10(13)9-14(20)17(24)27-21-15(22)11-6-4-5-7-12(11)16(21)23/h4-7,10,13-14H,8-9H2,1-3H3/t10-,13-,14-/m0/s1. The molecule has 2 aliphatic heterocycles. The third-order valence-electron chi connectivity index (χ3n) is 4.92. The largest absolute Gasteiger partial charge is 0.444 e. The lowest BCUT2D eigenvalue weighted by atomic mass is 10.1. The molecule has 2 fully saturated rings. The van der Waals surface area contributed by atoms with E-state index in [0.29, 0.717) is 11.5 Å². The number of carbonyl (C=O) groups excluding carboxylic acids is 4. The fraction of sp³-hybridized carbons (Fsp3) is 0.474. The van der Waals surface area contributed by atoms with E-state index < -0.39 is 35.5 Å². The molecule has 0 aromatic heterocycles. The Morgan fingerprint density at radius 1 is 1.04 bits per heavy atom. The molecule has 3 amide bonds. The molecule has 0 spiro atoms. The van der Waals surface area contributed by atoms with Crippen LogP contribution in [-0.2, 0) is 14.4 Å². The molecule has 1 aromatic carbocycles. The van der Waals surface area contributed by atoms with E-state index in [4.69, 9.17) is 9.57 Å². The summed E-state index contributed by atoms with van der Waals surface area (Å²) in [5, 5.41) is 0.476. The van der Waals surface area contributed by atoms with Crippen LogP contribution >= 0.6 is 0 Å². The maximum absolute atomic E-state index is 12.7. The van der Waals surface area contributed by atoms with Gasteiger partial charge in [0.15, 0.2) is 0 Å². The molecule has 1 saturated carbocycles. The molecule has 142 valence electrons. The zero-order valence-electron chi connectivity index (χ0n) is 15.3. The molecule has 27 heavy (non-hydrogen) atoms. The third-order valence-corrected chi connectivity index (χ3v) is 4.92. The first kappa shape index (κ1) is 17.5. The molecule has 1 saturated heterocycles. The molecule has 4 rings (SSSR count). The van der Waals surface area contributed by atoms with Crippen LogP contribution in [0.1, 0.15) is 54.3 Å². The molecular weight excluding hydrogens is 352 g/mol. The molecule has 1 aromatic rings. The number of carbonyl (C=O) groups is 4. The summed E-state index contributed by atoms with van der Waals surface area (Å²) in [6.07, 6.45) is 0.666. The first-order chi connectivity index (χ1) is 12.7. The Morgan fingerprint density at radius 2 is 1.63 bits per heavy atom. The van der Waals surface area contributed by atoms with Gasteiger partial charge in [0, 0.05) is 6.04 Å². The first-order valence-corrected chi connectivity index (χ1v) is 8.88. The Labute approximate surface area is 156 Å². The van der Waals surface area contributed by atoms with Crippen molar-refractivity contribution in [2.24, 2.45) is 5.92 Å². The predicted octanol–water partition coefficient (Wildman–Crippen LogP) is 2.14. The van der Waals surface area contributed by atoms with Gasteiger partial charge in [0.25, 0.3) is 11.8 Å². The molecule has 8 heteroatoms. The third kappa shape index (κ3) is 2.94. The van der Waals surface area contributed by atoms with Crippen molar-refractivity contribution >= 4 is 23.9 Å². The zero-order chi connectivity index (χ0) is 19.5. The quantitative estimate of drug-likeness (QED) is 0.739. The number of rotatable bonds is 2. The fourth-order valence-corrected chi connectivity index (χ4v) is 3.64. The van der Waals surface area contributed by atoms with Crippen molar-refractivity contribution in [2.75, 3.05) is 0 Å². The average Bonchev–Trinajstić information content (AvgIpc) is 3.19. The van der Waals surface area contributed by atoms with Crippen molar-refractivity contribution < 1.29 is 28.8 Å². The molecule has 2 heterocycles. The number of hydrogen-bond donors (Lipinski definition) is 0. The lowest BCUT2D eigenvalue weighted by molar-refractivity contribution is -0.174. The van der Waals surface area contributed by atoms with Gasteiger partial charge in [-0.3, -0.25) is 14.5 Å². The number of piperidine rings is 1. The van der Waals surface area contributed by atoms with Crippen LogP contribution in [0, 0.1) is 5.92 Å². The fourth-order valence-electron chi connectivity index (χ4n) is 3.64. The van der Waals surface area contributed by atoms with E-state index in [0.717, 1.165) is 6.42 Å². The normalized spacial score (nSPS) is 26.0. The number of imide groups is 1. The number of ether oxygens (including phenoxy) is 1. The highest BCUT2D eigenvalue weighted by Crippen LogP contribution is 2.48. The van der Waals surface area contributed by atoms with Crippen molar-refractivity contribution in [1.82, 2.24) is 9.96 Å². The lowest BCUT2D eigenvalue weighted by Crippen LogP contribution is -2.48. The second-order valence-electron chi connectivity index (χ2n) is 8.06. The van der Waals surface area contributed by atoms with E-state index in [-0.39, 0.29) is 23.1 Å². The molecule has 8 nitrogen and oxygen atoms in total. The van der Waals surface area contributed by atoms with Gasteiger partial charge in [0.2, 0.25) is 0 Å². The Kier molecular flexibility index (Phi) is 3.76. The minimum absolute atomic E-state index is 0.0559. The first-order valence-electron chi connectivity index (χ1n) is 8.88. The number of fused-ring (bicyclic) bond motifs is 2. The Balaban J connectivity index is 1.49. The van der Waals surface area contributed by atoms with Gasteiger partial charge in [-0.2, -0.15) is 0 Å². The number of hydrogen-bond acceptors (Lipinski definition) is 6. The summed E-state index contributed by atoms with van der Waals surface area (Å²) >= 11 is 0. The van der Waals surface area contributed by atoms with Crippen LogP contribution in [0.4, 0.5) is 4.79 Å². The maximum Gasteiger partial charge on any atom is 0.411 e. The molecule has 0 unspecified atom stereocenters. The smallest absolute Gasteiger partial charge is 0.411 e. The maximum atomic E-state index is 12.7. The van der Waals surface area contributed by atoms with Crippen molar-refractivity contribution in [3.05, 3.63) is 35.4 Å². The van der Waals surface area contributed by atoms with Gasteiger partial charge in [-0.15, -0.1) is 0 Å². The topological polar surface area (TPSA) is 93.2 Å². The molecule has 0 radical (unpaired) electrons. The summed E-state index contributed by atoms with van der Waals surface area (Å²) in [4.78, 5) is 56.4. The van der Waals surface area contributed by atoms with Gasteiger partial charge >= 0.3 is 12.1 Å². The summed E-state index contributed by atoms with van der Waals surface area (Å²) < 4.78 is 5.39. The lowest BCUT2D eigenvalue weighted by Gasteiger charge is -2.29. The van der Waals surface area contributed by atoms with E-state index in [2.05, 4.69) is 0 Å². The average molecular weight is 372 g/mol. The number of amides is 3. The number of hydroxylamine groups is 2. The minimum atomic E-state index is -0.868. The number of benzene rings is 1. The zero-order valence-corrected chi connectivity index (χ0v) is 15.3. The Bertz CT molecular complexity index is 823. The van der Waals surface area contributed by atoms with E-state index in [1.165, 1.54) is 17.0 Å². The molecule has 1 aliphatic carbocycles. The van der Waals surface area contributed by atoms with Crippen molar-refractivity contribution in [3.63, 3.8) is 0 Å². The summed E-state index contributed by atoms with van der Waals surface area (Å²) in [7, 11) is 0. The van der Waals surface area contributed by atoms with Crippen LogP contribution < -0.4 is 0 Å². The van der Waals surface area contributed by atoms with Crippen molar-refractivity contribution in [1.29, 1.82) is 0 Å². The van der Waals surface area contributed by atoms with Gasteiger partial charge in [-0.1, -0.05) is 17.2 Å². The van der Waals surface area contributed by atoms with Gasteiger partial charge in [-0.25, -0.2) is 9.59 Å². The Morgan fingerprint density at radius 3 is 2.19 bits per heavy atom. The van der Waals surface area contributed by atoms with Crippen molar-refractivity contribution in [3.8, 4) is 0 Å². The predicted molar refractivity (Wildman–Crippen MR) is 91.4 cm³/mol. The van der Waals surface area contributed by atoms with Gasteiger partial charge in [-0.05, 0) is 51.7 Å². The molecule has 3 atom stereocenters. The molecule has 0 N–H and O–H groups in total. The van der Waals surface area contributed by atoms with Crippen LogP contribution in [0.5, 0.6) is 0 Å². The van der Waals surface area contributed by atoms with Crippen LogP contribution in [0.25, 0.3) is 0 Å². The van der Waals surface area contributed by atoms with E-state index >= 15 is 0 Å². The van der Waals surface area contributed by atoms with Crippen LogP contribution in [0.2, 0.25) is 0 Å². The van der Waals surface area contributed by atoms with Gasteiger partial charge in [0.05, 0.1) is 11.1 Å². The van der Waals surface area contributed by atoms with Crippen molar-refractivity contribution in [2.45, 2.75) is 51.3 Å². The molecular formula is C19H20N2O6. The number of nitrogens with zero attached hydrogens (tertiary/aromatic N) is 2. The van der Waals surface area contributed by atoms with E-state index in [1.54, 1.807) is 32.9 Å². The van der Waals surface area contributed by atoms with Crippen LogP contribution in [-0.4, -0.2) is 51.5 Å². The highest BCUT2D eigenvalue weighted by atomic mass is 16.7. The Hall–Kier alpha value is -2.90. The molecule has 3 aliphatic rings. The molecule has 0 bridgehead atoms. The minimum Gasteiger partial charge on any atom is -0.444 e. The highest BCUT2D eigenvalue weighted by Gasteiger charge is 2.58. The monoisotopic (exact) mass is 372 g/mol. The SMILES string of the molecule is CC(C)(C)OC(=O)N1[C@H](C(=O)ON2C(=O)c3ccccc3C2=O)C[C@@H]2C[C@@H]21. The number of likely N-dealkylation sites (tertiary alicyclic amines) is 1. The van der Waals surface area contributed by atoms with Gasteiger partial charge < -0.3 is 9.57 Å². The second-order valence-corrected chi connectivity index (χ2v) is 8.06. The summed E-state index contributed by atoms with van der Waals surface area (Å²) in [5.74, 6) is -1.95. The summed E-state index contributed by atoms with van der Waals surface area (Å²) in [5.41, 5.74) is -0.316. The summed E-state index contributed by atoms with van der Waals surface area (Å²) in [6, 6.07) is 5.34. The highest BCUT2D eigenvalue weighted by molar-refractivity contribution is 6.20. The van der Waals surface area contributed by atoms with E-state index in [9.17, 15) is 19.2 Å². The van der Waals surface area contributed by atoms with Gasteiger partial charge in [0.1, 0.15) is 11.6 Å². The summed E-state index contributed by atoms with van der Waals surface area (Å²) in [6.45, 7) is 5.24. The van der Waals surface area contributed by atoms with E-state index in [1.807, 2.05) is 0 Å². The second kappa shape index (κ2) is 5.80. The van der Waals surface area contributed by atoms with Crippen LogP contribution in [0.15, 0.2) is 24.3 Å². The van der Waals surface area contributed by atoms with Crippen LogP contribution in [0.3, 0.4) is 0 Å².